The quantitative estimate of drug-likeness (QED) is 0.599. The molecule has 0 saturated carbocycles. The Kier molecular flexibility index (Phi) is 3.76. The maximum Gasteiger partial charge on any atom is 0.105 e. The number of imidazole rings is 1. The van der Waals surface area contributed by atoms with Crippen LogP contribution >= 0.6 is 0 Å². The molecule has 0 aliphatic carbocycles. The van der Waals surface area contributed by atoms with Crippen LogP contribution in [0.4, 0.5) is 0 Å². The monoisotopic (exact) mass is 174 g/mol. The van der Waals surface area contributed by atoms with Crippen molar-refractivity contribution >= 4 is 0 Å². The van der Waals surface area contributed by atoms with E-state index in [9.17, 15) is 0 Å². The Labute approximate surface area is 78.9 Å². The van der Waals surface area contributed by atoms with Gasteiger partial charge in [-0.05, 0) is 6.92 Å². The molecule has 2 rings (SSSR count). The van der Waals surface area contributed by atoms with E-state index in [-0.39, 0.29) is 0 Å². The van der Waals surface area contributed by atoms with Crippen LogP contribution in [-0.4, -0.2) is 9.55 Å². The molecule has 0 bridgehead atoms. The molecule has 0 atom stereocenters. The number of hydrogen-bond donors (Lipinski definition) is 0. The Morgan fingerprint density at radius 1 is 1.00 bits per heavy atom. The molecule has 0 N–H and O–H groups in total. The molecule has 0 aliphatic rings. The highest BCUT2D eigenvalue weighted by Crippen LogP contribution is 1.87. The third kappa shape index (κ3) is 3.56. The number of hydrogen-bond acceptors (Lipinski definition) is 1. The Hall–Kier alpha value is -1.57. The number of nitrogens with zero attached hydrogens (tertiary/aromatic N) is 2. The van der Waals surface area contributed by atoms with Gasteiger partial charge >= 0.3 is 0 Å². The summed E-state index contributed by atoms with van der Waals surface area (Å²) in [6.45, 7) is 1.97. The lowest BCUT2D eigenvalue weighted by molar-refractivity contribution is 0.858. The zero-order chi connectivity index (χ0) is 9.52. The normalized spacial score (nSPS) is 8.77. The standard InChI is InChI=1S/C6H6.C5H8N2/c1-2-4-6-5-3-1;1-5-6-3-4-7(5)2/h1-6H;3-4H,1-2H3. The van der Waals surface area contributed by atoms with E-state index in [1.807, 2.05) is 61.1 Å². The van der Waals surface area contributed by atoms with E-state index in [0.29, 0.717) is 0 Å². The molecule has 0 spiro atoms. The van der Waals surface area contributed by atoms with Gasteiger partial charge in [-0.25, -0.2) is 4.98 Å². The van der Waals surface area contributed by atoms with E-state index in [0.717, 1.165) is 5.82 Å². The van der Waals surface area contributed by atoms with Gasteiger partial charge in [0, 0.05) is 19.4 Å². The van der Waals surface area contributed by atoms with Gasteiger partial charge in [0.1, 0.15) is 5.82 Å². The minimum Gasteiger partial charge on any atom is -0.338 e. The molecule has 0 unspecified atom stereocenters. The van der Waals surface area contributed by atoms with Crippen LogP contribution in [0.5, 0.6) is 0 Å². The van der Waals surface area contributed by atoms with Gasteiger partial charge in [0.25, 0.3) is 0 Å². The first-order chi connectivity index (χ1) is 6.30. The van der Waals surface area contributed by atoms with Crippen molar-refractivity contribution in [2.24, 2.45) is 7.05 Å². The number of rotatable bonds is 0. The highest BCUT2D eigenvalue weighted by molar-refractivity contribution is 4.99. The van der Waals surface area contributed by atoms with E-state index in [4.69, 9.17) is 0 Å². The van der Waals surface area contributed by atoms with Gasteiger partial charge in [-0.15, -0.1) is 0 Å². The number of aromatic nitrogens is 2. The van der Waals surface area contributed by atoms with Gasteiger partial charge in [0.15, 0.2) is 0 Å². The number of aryl methyl sites for hydroxylation is 2. The van der Waals surface area contributed by atoms with Crippen molar-refractivity contribution in [1.82, 2.24) is 9.55 Å². The van der Waals surface area contributed by atoms with Crippen molar-refractivity contribution in [2.75, 3.05) is 0 Å². The van der Waals surface area contributed by atoms with E-state index >= 15 is 0 Å². The van der Waals surface area contributed by atoms with Crippen LogP contribution in [0.15, 0.2) is 48.8 Å². The average molecular weight is 174 g/mol. The number of benzene rings is 1. The van der Waals surface area contributed by atoms with Crippen molar-refractivity contribution in [3.05, 3.63) is 54.6 Å². The predicted molar refractivity (Wildman–Crippen MR) is 54.4 cm³/mol. The van der Waals surface area contributed by atoms with Crippen LogP contribution in [0.1, 0.15) is 5.82 Å². The summed E-state index contributed by atoms with van der Waals surface area (Å²) in [6.07, 6.45) is 3.71. The fourth-order valence-electron chi connectivity index (χ4n) is 0.825. The first-order valence-electron chi connectivity index (χ1n) is 4.24. The molecule has 0 fully saturated rings. The van der Waals surface area contributed by atoms with Gasteiger partial charge < -0.3 is 4.57 Å². The molecule has 2 aromatic rings. The van der Waals surface area contributed by atoms with Crippen LogP contribution in [0, 0.1) is 6.92 Å². The van der Waals surface area contributed by atoms with Crippen LogP contribution in [0.25, 0.3) is 0 Å². The first-order valence-corrected chi connectivity index (χ1v) is 4.24. The Balaban J connectivity index is 0.000000132. The summed E-state index contributed by atoms with van der Waals surface area (Å²) in [7, 11) is 1.97. The largest absolute Gasteiger partial charge is 0.338 e. The summed E-state index contributed by atoms with van der Waals surface area (Å²) >= 11 is 0. The van der Waals surface area contributed by atoms with Crippen LogP contribution in [0.3, 0.4) is 0 Å². The van der Waals surface area contributed by atoms with Crippen molar-refractivity contribution in [3.63, 3.8) is 0 Å². The molecular weight excluding hydrogens is 160 g/mol. The molecule has 0 radical (unpaired) electrons. The molecule has 13 heavy (non-hydrogen) atoms. The van der Waals surface area contributed by atoms with Crippen LogP contribution in [-0.2, 0) is 7.05 Å². The zero-order valence-electron chi connectivity index (χ0n) is 8.01. The highest BCUT2D eigenvalue weighted by Gasteiger charge is 1.83. The average Bonchev–Trinajstić information content (AvgIpc) is 2.55. The minimum absolute atomic E-state index is 1.06. The molecule has 2 heteroatoms. The van der Waals surface area contributed by atoms with Crippen LogP contribution in [0.2, 0.25) is 0 Å². The first kappa shape index (κ1) is 9.52. The predicted octanol–water partition coefficient (Wildman–Crippen LogP) is 2.42. The Bertz CT molecular complexity index is 282. The summed E-state index contributed by atoms with van der Waals surface area (Å²) < 4.78 is 1.97. The second kappa shape index (κ2) is 5.14. The molecule has 0 saturated heterocycles. The second-order valence-corrected chi connectivity index (χ2v) is 2.74. The van der Waals surface area contributed by atoms with E-state index in [1.54, 1.807) is 6.20 Å². The molecular formula is C11H14N2. The topological polar surface area (TPSA) is 17.8 Å². The summed E-state index contributed by atoms with van der Waals surface area (Å²) in [5.74, 6) is 1.06. The molecule has 0 amide bonds. The molecule has 1 heterocycles. The Morgan fingerprint density at radius 3 is 1.62 bits per heavy atom. The van der Waals surface area contributed by atoms with Gasteiger partial charge in [-0.3, -0.25) is 0 Å². The molecule has 68 valence electrons. The highest BCUT2D eigenvalue weighted by atomic mass is 15.0. The van der Waals surface area contributed by atoms with E-state index in [2.05, 4.69) is 4.98 Å². The van der Waals surface area contributed by atoms with Gasteiger partial charge in [0.2, 0.25) is 0 Å². The smallest absolute Gasteiger partial charge is 0.105 e. The molecule has 0 aliphatic heterocycles. The van der Waals surface area contributed by atoms with Crippen LogP contribution < -0.4 is 0 Å². The second-order valence-electron chi connectivity index (χ2n) is 2.74. The maximum atomic E-state index is 3.98. The third-order valence-electron chi connectivity index (χ3n) is 1.73. The summed E-state index contributed by atoms with van der Waals surface area (Å²) in [6, 6.07) is 12.0. The van der Waals surface area contributed by atoms with Gasteiger partial charge in [-0.2, -0.15) is 0 Å². The fourth-order valence-corrected chi connectivity index (χ4v) is 0.825. The van der Waals surface area contributed by atoms with Crippen molar-refractivity contribution in [3.8, 4) is 0 Å². The minimum atomic E-state index is 1.06. The summed E-state index contributed by atoms with van der Waals surface area (Å²) in [5, 5.41) is 0. The SMILES string of the molecule is Cc1nccn1C.c1ccccc1. The van der Waals surface area contributed by atoms with E-state index < -0.39 is 0 Å². The van der Waals surface area contributed by atoms with Gasteiger partial charge in [0.05, 0.1) is 0 Å². The maximum absolute atomic E-state index is 3.98. The third-order valence-corrected chi connectivity index (χ3v) is 1.73. The lowest BCUT2D eigenvalue weighted by Gasteiger charge is -1.87. The lowest BCUT2D eigenvalue weighted by Crippen LogP contribution is -1.86. The molecule has 2 nitrogen and oxygen atoms in total. The zero-order valence-corrected chi connectivity index (χ0v) is 8.01. The Morgan fingerprint density at radius 2 is 1.46 bits per heavy atom. The van der Waals surface area contributed by atoms with Crippen molar-refractivity contribution < 1.29 is 0 Å². The van der Waals surface area contributed by atoms with E-state index in [1.165, 1.54) is 0 Å². The molecule has 1 aromatic carbocycles. The van der Waals surface area contributed by atoms with Gasteiger partial charge in [-0.1, -0.05) is 36.4 Å². The molecule has 1 aromatic heterocycles. The summed E-state index contributed by atoms with van der Waals surface area (Å²) in [5.41, 5.74) is 0. The lowest BCUT2D eigenvalue weighted by atomic mass is 10.4. The summed E-state index contributed by atoms with van der Waals surface area (Å²) in [4.78, 5) is 3.98. The van der Waals surface area contributed by atoms with Crippen molar-refractivity contribution in [2.45, 2.75) is 6.92 Å². The van der Waals surface area contributed by atoms with Crippen molar-refractivity contribution in [1.29, 1.82) is 0 Å². The fraction of sp³-hybridized carbons (Fsp3) is 0.182.